The first-order valence-corrected chi connectivity index (χ1v) is 14.7. The van der Waals surface area contributed by atoms with E-state index in [2.05, 4.69) is 5.32 Å². The van der Waals surface area contributed by atoms with Gasteiger partial charge in [-0.2, -0.15) is 0 Å². The number of benzene rings is 3. The second kappa shape index (κ2) is 14.5. The summed E-state index contributed by atoms with van der Waals surface area (Å²) in [6.07, 6.45) is 1.62. The number of unbranched alkanes of at least 4 members (excludes halogenated alkanes) is 1. The van der Waals surface area contributed by atoms with Crippen molar-refractivity contribution < 1.29 is 31.9 Å². The minimum absolute atomic E-state index is 0.127. The van der Waals surface area contributed by atoms with Crippen molar-refractivity contribution in [3.8, 4) is 11.5 Å². The second-order valence-electron chi connectivity index (χ2n) is 9.30. The Morgan fingerprint density at radius 1 is 0.951 bits per heavy atom. The first-order chi connectivity index (χ1) is 19.6. The van der Waals surface area contributed by atoms with Crippen LogP contribution in [0.1, 0.15) is 32.3 Å². The summed E-state index contributed by atoms with van der Waals surface area (Å²) in [5.74, 6) is -1.10. The molecular formula is C30H36FN3O6S. The molecule has 220 valence electrons. The van der Waals surface area contributed by atoms with Crippen LogP contribution in [0.15, 0.2) is 77.7 Å². The van der Waals surface area contributed by atoms with Gasteiger partial charge < -0.3 is 19.7 Å². The summed E-state index contributed by atoms with van der Waals surface area (Å²) in [5, 5.41) is 2.80. The molecule has 2 amide bonds. The van der Waals surface area contributed by atoms with Crippen LogP contribution >= 0.6 is 0 Å². The van der Waals surface area contributed by atoms with Gasteiger partial charge in [-0.3, -0.25) is 13.9 Å². The van der Waals surface area contributed by atoms with Crippen LogP contribution in [0.4, 0.5) is 10.1 Å². The fourth-order valence-electron chi connectivity index (χ4n) is 4.16. The van der Waals surface area contributed by atoms with E-state index >= 15 is 0 Å². The summed E-state index contributed by atoms with van der Waals surface area (Å²) < 4.78 is 54.1. The van der Waals surface area contributed by atoms with E-state index in [0.29, 0.717) is 12.3 Å². The Bertz CT molecular complexity index is 1440. The normalized spacial score (nSPS) is 11.8. The highest BCUT2D eigenvalue weighted by molar-refractivity contribution is 7.92. The average molecular weight is 586 g/mol. The molecule has 41 heavy (non-hydrogen) atoms. The highest BCUT2D eigenvalue weighted by Gasteiger charge is 2.33. The number of halogens is 1. The highest BCUT2D eigenvalue weighted by atomic mass is 32.2. The van der Waals surface area contributed by atoms with Crippen molar-refractivity contribution >= 4 is 27.5 Å². The molecule has 0 saturated carbocycles. The monoisotopic (exact) mass is 585 g/mol. The van der Waals surface area contributed by atoms with Crippen molar-refractivity contribution in [1.82, 2.24) is 10.2 Å². The van der Waals surface area contributed by atoms with E-state index in [1.54, 1.807) is 36.4 Å². The van der Waals surface area contributed by atoms with Crippen LogP contribution in [0.5, 0.6) is 11.5 Å². The molecule has 0 aliphatic heterocycles. The fourth-order valence-corrected chi connectivity index (χ4v) is 5.59. The molecule has 1 atom stereocenters. The Hall–Kier alpha value is -4.12. The Kier molecular flexibility index (Phi) is 11.1. The lowest BCUT2D eigenvalue weighted by Gasteiger charge is -2.32. The van der Waals surface area contributed by atoms with Crippen molar-refractivity contribution in [2.24, 2.45) is 0 Å². The average Bonchev–Trinajstić information content (AvgIpc) is 2.98. The fraction of sp³-hybridized carbons (Fsp3) is 0.333. The lowest BCUT2D eigenvalue weighted by Crippen LogP contribution is -2.51. The number of nitrogens with zero attached hydrogens (tertiary/aromatic N) is 2. The first kappa shape index (κ1) is 31.4. The molecule has 3 rings (SSSR count). The minimum atomic E-state index is -4.31. The number of hydrogen-bond donors (Lipinski definition) is 1. The summed E-state index contributed by atoms with van der Waals surface area (Å²) in [6.45, 7) is 3.08. The maximum atomic E-state index is 14.6. The lowest BCUT2D eigenvalue weighted by atomic mass is 10.1. The molecule has 0 bridgehead atoms. The van der Waals surface area contributed by atoms with Crippen LogP contribution in [0.2, 0.25) is 0 Å². The molecule has 0 aliphatic rings. The van der Waals surface area contributed by atoms with Crippen molar-refractivity contribution in [1.29, 1.82) is 0 Å². The summed E-state index contributed by atoms with van der Waals surface area (Å²) in [7, 11) is -1.48. The zero-order valence-electron chi connectivity index (χ0n) is 23.7. The second-order valence-corrected chi connectivity index (χ2v) is 11.2. The van der Waals surface area contributed by atoms with Gasteiger partial charge >= 0.3 is 0 Å². The minimum Gasteiger partial charge on any atom is -0.493 e. The number of rotatable bonds is 14. The molecule has 0 fully saturated rings. The van der Waals surface area contributed by atoms with Gasteiger partial charge in [0.05, 0.1) is 24.8 Å². The molecule has 11 heteroatoms. The van der Waals surface area contributed by atoms with Gasteiger partial charge in [-0.05, 0) is 43.7 Å². The number of ether oxygens (including phenoxy) is 2. The summed E-state index contributed by atoms with van der Waals surface area (Å²) in [4.78, 5) is 27.9. The Balaban J connectivity index is 2.02. The SMILES string of the molecule is CCCCNC(=O)[C@H](C)N(Cc1ccccc1F)C(=O)CN(c1ccccc1)S(=O)(=O)c1ccc(OC)c(OC)c1. The lowest BCUT2D eigenvalue weighted by molar-refractivity contribution is -0.139. The number of anilines is 1. The molecule has 3 aromatic rings. The van der Waals surface area contributed by atoms with Crippen molar-refractivity contribution in [3.63, 3.8) is 0 Å². The predicted octanol–water partition coefficient (Wildman–Crippen LogP) is 4.37. The zero-order valence-corrected chi connectivity index (χ0v) is 24.5. The molecule has 9 nitrogen and oxygen atoms in total. The number of para-hydroxylation sites is 1. The third-order valence-electron chi connectivity index (χ3n) is 6.56. The van der Waals surface area contributed by atoms with Crippen molar-refractivity contribution in [3.05, 3.63) is 84.2 Å². The maximum Gasteiger partial charge on any atom is 0.264 e. The topological polar surface area (TPSA) is 105 Å². The quantitative estimate of drug-likeness (QED) is 0.282. The van der Waals surface area contributed by atoms with Crippen molar-refractivity contribution in [2.75, 3.05) is 31.6 Å². The molecule has 0 unspecified atom stereocenters. The van der Waals surface area contributed by atoms with Crippen LogP contribution in [0.3, 0.4) is 0 Å². The first-order valence-electron chi connectivity index (χ1n) is 13.2. The van der Waals surface area contributed by atoms with Crippen LogP contribution in [0, 0.1) is 5.82 Å². The van der Waals surface area contributed by atoms with Gasteiger partial charge in [0.1, 0.15) is 18.4 Å². The molecule has 0 spiro atoms. The van der Waals surface area contributed by atoms with Gasteiger partial charge in [0.15, 0.2) is 11.5 Å². The van der Waals surface area contributed by atoms with Crippen LogP contribution in [0.25, 0.3) is 0 Å². The third-order valence-corrected chi connectivity index (χ3v) is 8.33. The molecule has 1 N–H and O–H groups in total. The van der Waals surface area contributed by atoms with E-state index in [-0.39, 0.29) is 28.4 Å². The largest absolute Gasteiger partial charge is 0.493 e. The highest BCUT2D eigenvalue weighted by Crippen LogP contribution is 2.32. The van der Waals surface area contributed by atoms with Crippen LogP contribution in [-0.2, 0) is 26.2 Å². The molecule has 0 heterocycles. The number of hydrogen-bond acceptors (Lipinski definition) is 6. The molecule has 0 aliphatic carbocycles. The standard InChI is InChI=1S/C30H36FN3O6S/c1-5-6-18-32-30(36)22(2)33(20-23-12-10-11-15-26(23)31)29(35)21-34(24-13-8-7-9-14-24)41(37,38)25-16-17-27(39-3)28(19-25)40-4/h7-17,19,22H,5-6,18,20-21H2,1-4H3,(H,32,36)/t22-/m0/s1. The number of methoxy groups -OCH3 is 2. The predicted molar refractivity (Wildman–Crippen MR) is 155 cm³/mol. The number of nitrogens with one attached hydrogen (secondary N) is 1. The maximum absolute atomic E-state index is 14.6. The van der Waals surface area contributed by atoms with Crippen molar-refractivity contribution in [2.45, 2.75) is 44.2 Å². The van der Waals surface area contributed by atoms with Gasteiger partial charge in [0, 0.05) is 24.7 Å². The third kappa shape index (κ3) is 7.75. The molecule has 3 aromatic carbocycles. The number of amides is 2. The number of sulfonamides is 1. The zero-order chi connectivity index (χ0) is 30.0. The van der Waals surface area contributed by atoms with E-state index in [9.17, 15) is 22.4 Å². The molecule has 0 saturated heterocycles. The van der Waals surface area contributed by atoms with E-state index < -0.39 is 40.2 Å². The Morgan fingerprint density at radius 2 is 1.61 bits per heavy atom. The van der Waals surface area contributed by atoms with Gasteiger partial charge in [-0.25, -0.2) is 12.8 Å². The van der Waals surface area contributed by atoms with E-state index in [4.69, 9.17) is 9.47 Å². The number of carbonyl (C=O) groups is 2. The summed E-state index contributed by atoms with van der Waals surface area (Å²) in [5.41, 5.74) is 0.435. The smallest absolute Gasteiger partial charge is 0.264 e. The summed E-state index contributed by atoms with van der Waals surface area (Å²) >= 11 is 0. The Labute approximate surface area is 240 Å². The van der Waals surface area contributed by atoms with Gasteiger partial charge in [-0.15, -0.1) is 0 Å². The van der Waals surface area contributed by atoms with Crippen LogP contribution in [-0.4, -0.2) is 58.5 Å². The van der Waals surface area contributed by atoms with Gasteiger partial charge in [-0.1, -0.05) is 49.7 Å². The Morgan fingerprint density at radius 3 is 2.24 bits per heavy atom. The van der Waals surface area contributed by atoms with E-state index in [0.717, 1.165) is 17.1 Å². The molecule has 0 radical (unpaired) electrons. The molecule has 0 aromatic heterocycles. The molecular weight excluding hydrogens is 549 g/mol. The van der Waals surface area contributed by atoms with Crippen LogP contribution < -0.4 is 19.1 Å². The summed E-state index contributed by atoms with van der Waals surface area (Å²) in [6, 6.07) is 17.2. The van der Waals surface area contributed by atoms with Gasteiger partial charge in [0.25, 0.3) is 10.0 Å². The van der Waals surface area contributed by atoms with E-state index in [1.165, 1.54) is 62.4 Å². The van der Waals surface area contributed by atoms with Gasteiger partial charge in [0.2, 0.25) is 11.8 Å². The van der Waals surface area contributed by atoms with E-state index in [1.807, 2.05) is 6.92 Å². The number of carbonyl (C=O) groups excluding carboxylic acids is 2.